The minimum absolute atomic E-state index is 0.268. The molecule has 5 nitrogen and oxygen atoms in total. The number of aliphatic hydroxyl groups excluding tert-OH is 1. The molecule has 5 rings (SSSR count). The van der Waals surface area contributed by atoms with E-state index in [4.69, 9.17) is 9.40 Å². The van der Waals surface area contributed by atoms with E-state index in [1.165, 1.54) is 6.42 Å². The highest BCUT2D eigenvalue weighted by atomic mass is 16.3. The van der Waals surface area contributed by atoms with Crippen molar-refractivity contribution >= 4 is 0 Å². The van der Waals surface area contributed by atoms with Gasteiger partial charge in [0, 0.05) is 24.2 Å². The average Bonchev–Trinajstić information content (AvgIpc) is 3.09. The van der Waals surface area contributed by atoms with E-state index in [0.717, 1.165) is 42.5 Å². The smallest absolute Gasteiger partial charge is 0.152 e. The van der Waals surface area contributed by atoms with Gasteiger partial charge in [-0.05, 0) is 50.4 Å². The van der Waals surface area contributed by atoms with Crippen LogP contribution in [0.4, 0.5) is 0 Å². The Kier molecular flexibility index (Phi) is 3.47. The fourth-order valence-electron chi connectivity index (χ4n) is 3.99. The second kappa shape index (κ2) is 5.48. The minimum atomic E-state index is 0.268. The van der Waals surface area contributed by atoms with Crippen LogP contribution in [-0.2, 0) is 0 Å². The number of rotatable bonds is 3. The maximum Gasteiger partial charge on any atom is 0.152 e. The molecular formula is C17H21N3O2. The van der Waals surface area contributed by atoms with Gasteiger partial charge in [-0.15, -0.1) is 0 Å². The van der Waals surface area contributed by atoms with Crippen molar-refractivity contribution in [2.75, 3.05) is 19.7 Å². The van der Waals surface area contributed by atoms with Crippen LogP contribution >= 0.6 is 0 Å². The van der Waals surface area contributed by atoms with Gasteiger partial charge in [-0.25, -0.2) is 9.97 Å². The van der Waals surface area contributed by atoms with Crippen LogP contribution in [0.15, 0.2) is 28.9 Å². The number of furan rings is 1. The maximum atomic E-state index is 9.50. The molecule has 2 aromatic heterocycles. The van der Waals surface area contributed by atoms with Gasteiger partial charge in [-0.3, -0.25) is 4.90 Å². The molecule has 0 radical (unpaired) electrons. The quantitative estimate of drug-likeness (QED) is 0.941. The second-order valence-electron chi connectivity index (χ2n) is 6.42. The van der Waals surface area contributed by atoms with Gasteiger partial charge < -0.3 is 9.52 Å². The summed E-state index contributed by atoms with van der Waals surface area (Å²) in [6.07, 6.45) is 3.94. The van der Waals surface area contributed by atoms with Crippen molar-refractivity contribution in [2.45, 2.75) is 31.7 Å². The highest BCUT2D eigenvalue weighted by Crippen LogP contribution is 2.41. The Labute approximate surface area is 130 Å². The summed E-state index contributed by atoms with van der Waals surface area (Å²) in [6, 6.07) is 6.23. The zero-order valence-electron chi connectivity index (χ0n) is 12.8. The predicted octanol–water partition coefficient (Wildman–Crippen LogP) is 2.22. The van der Waals surface area contributed by atoms with Gasteiger partial charge in [-0.2, -0.15) is 0 Å². The normalized spacial score (nSPS) is 30.6. The number of aryl methyl sites for hydroxylation is 1. The van der Waals surface area contributed by atoms with Crippen LogP contribution in [0.1, 0.15) is 30.3 Å². The second-order valence-corrected chi connectivity index (χ2v) is 6.42. The number of hydrogen-bond acceptors (Lipinski definition) is 5. The molecule has 116 valence electrons. The van der Waals surface area contributed by atoms with Gasteiger partial charge >= 0.3 is 0 Å². The van der Waals surface area contributed by atoms with Crippen LogP contribution in [0.2, 0.25) is 0 Å². The summed E-state index contributed by atoms with van der Waals surface area (Å²) in [5, 5.41) is 9.50. The van der Waals surface area contributed by atoms with Crippen molar-refractivity contribution in [3.63, 3.8) is 0 Å². The van der Waals surface area contributed by atoms with E-state index in [1.807, 2.05) is 19.1 Å². The van der Waals surface area contributed by atoms with Gasteiger partial charge in [0.15, 0.2) is 5.76 Å². The van der Waals surface area contributed by atoms with E-state index in [-0.39, 0.29) is 6.61 Å². The first-order valence-corrected chi connectivity index (χ1v) is 7.99. The molecule has 2 bridgehead atoms. The lowest BCUT2D eigenvalue weighted by molar-refractivity contribution is 0.00182. The summed E-state index contributed by atoms with van der Waals surface area (Å²) in [4.78, 5) is 11.6. The van der Waals surface area contributed by atoms with Crippen LogP contribution < -0.4 is 0 Å². The largest absolute Gasteiger partial charge is 0.463 e. The first-order chi connectivity index (χ1) is 10.7. The topological polar surface area (TPSA) is 62.4 Å². The van der Waals surface area contributed by atoms with Crippen LogP contribution in [0.5, 0.6) is 0 Å². The van der Waals surface area contributed by atoms with E-state index in [1.54, 1.807) is 6.26 Å². The van der Waals surface area contributed by atoms with E-state index < -0.39 is 0 Å². The van der Waals surface area contributed by atoms with Crippen LogP contribution in [-0.4, -0.2) is 45.7 Å². The number of nitrogens with zero attached hydrogens (tertiary/aromatic N) is 3. The monoisotopic (exact) mass is 299 g/mol. The summed E-state index contributed by atoms with van der Waals surface area (Å²) in [5.41, 5.74) is 1.98. The van der Waals surface area contributed by atoms with E-state index in [9.17, 15) is 5.11 Å². The number of aliphatic hydroxyl groups is 1. The third-order valence-corrected chi connectivity index (χ3v) is 5.10. The lowest BCUT2D eigenvalue weighted by atomic mass is 9.74. The standard InChI is InChI=1S/C17H21N3O2/c1-11-18-15(8-16(19-11)17-3-2-6-22-17)14-9-20-5-4-12(14)7-13(20)10-21/h2-3,6,8,12-14,21H,4-5,7,9-10H2,1H3. The Bertz CT molecular complexity index is 656. The van der Waals surface area contributed by atoms with Crippen molar-refractivity contribution < 1.29 is 9.52 Å². The van der Waals surface area contributed by atoms with Gasteiger partial charge in [0.2, 0.25) is 0 Å². The molecule has 4 atom stereocenters. The molecule has 0 aliphatic carbocycles. The summed E-state index contributed by atoms with van der Waals surface area (Å²) < 4.78 is 5.48. The molecule has 3 fully saturated rings. The number of aromatic nitrogens is 2. The van der Waals surface area contributed by atoms with Crippen molar-refractivity contribution in [1.82, 2.24) is 14.9 Å². The third-order valence-electron chi connectivity index (χ3n) is 5.10. The SMILES string of the molecule is Cc1nc(-c2ccco2)cc(C2CN3CCC2CC3CO)n1. The maximum absolute atomic E-state index is 9.50. The lowest BCUT2D eigenvalue weighted by Crippen LogP contribution is -2.53. The Hall–Kier alpha value is -1.72. The Morgan fingerprint density at radius 2 is 2.32 bits per heavy atom. The molecule has 0 spiro atoms. The summed E-state index contributed by atoms with van der Waals surface area (Å²) >= 11 is 0. The molecule has 0 amide bonds. The zero-order chi connectivity index (χ0) is 15.1. The highest BCUT2D eigenvalue weighted by Gasteiger charge is 2.41. The molecule has 0 aromatic carbocycles. The molecule has 4 unspecified atom stereocenters. The Morgan fingerprint density at radius 1 is 1.41 bits per heavy atom. The van der Waals surface area contributed by atoms with Crippen molar-refractivity contribution in [2.24, 2.45) is 5.92 Å². The molecule has 3 aliphatic rings. The van der Waals surface area contributed by atoms with E-state index >= 15 is 0 Å². The number of fused-ring (bicyclic) bond motifs is 3. The Balaban J connectivity index is 1.66. The first-order valence-electron chi connectivity index (χ1n) is 7.99. The van der Waals surface area contributed by atoms with E-state index in [2.05, 4.69) is 16.0 Å². The molecule has 0 saturated carbocycles. The van der Waals surface area contributed by atoms with Gasteiger partial charge in [0.05, 0.1) is 12.9 Å². The first kappa shape index (κ1) is 13.9. The zero-order valence-corrected chi connectivity index (χ0v) is 12.8. The fourth-order valence-corrected chi connectivity index (χ4v) is 3.99. The Morgan fingerprint density at radius 3 is 3.00 bits per heavy atom. The van der Waals surface area contributed by atoms with Gasteiger partial charge in [0.25, 0.3) is 0 Å². The van der Waals surface area contributed by atoms with Crippen molar-refractivity contribution in [1.29, 1.82) is 0 Å². The summed E-state index contributed by atoms with van der Waals surface area (Å²) in [6.45, 7) is 4.29. The summed E-state index contributed by atoms with van der Waals surface area (Å²) in [7, 11) is 0. The number of piperidine rings is 3. The molecular weight excluding hydrogens is 278 g/mol. The van der Waals surface area contributed by atoms with Gasteiger partial charge in [-0.1, -0.05) is 0 Å². The molecule has 22 heavy (non-hydrogen) atoms. The highest BCUT2D eigenvalue weighted by molar-refractivity contribution is 5.52. The van der Waals surface area contributed by atoms with E-state index in [0.29, 0.717) is 17.9 Å². The van der Waals surface area contributed by atoms with Crippen LogP contribution in [0.3, 0.4) is 0 Å². The van der Waals surface area contributed by atoms with Gasteiger partial charge in [0.1, 0.15) is 11.5 Å². The van der Waals surface area contributed by atoms with Crippen molar-refractivity contribution in [3.8, 4) is 11.5 Å². The fraction of sp³-hybridized carbons (Fsp3) is 0.529. The number of hydrogen-bond donors (Lipinski definition) is 1. The summed E-state index contributed by atoms with van der Waals surface area (Å²) in [5.74, 6) is 2.63. The third kappa shape index (κ3) is 2.34. The molecule has 3 saturated heterocycles. The average molecular weight is 299 g/mol. The molecule has 2 aromatic rings. The molecule has 1 N–H and O–H groups in total. The molecule has 5 heterocycles. The predicted molar refractivity (Wildman–Crippen MR) is 82.4 cm³/mol. The van der Waals surface area contributed by atoms with Crippen LogP contribution in [0, 0.1) is 12.8 Å². The van der Waals surface area contributed by atoms with Crippen LogP contribution in [0.25, 0.3) is 11.5 Å². The minimum Gasteiger partial charge on any atom is -0.463 e. The lowest BCUT2D eigenvalue weighted by Gasteiger charge is -2.49. The molecule has 3 aliphatic heterocycles. The molecule has 5 heteroatoms. The van der Waals surface area contributed by atoms with Crippen molar-refractivity contribution in [3.05, 3.63) is 36.0 Å².